The highest BCUT2D eigenvalue weighted by atomic mass is 35.5. The van der Waals surface area contributed by atoms with Gasteiger partial charge in [0.05, 0.1) is 10.0 Å². The van der Waals surface area contributed by atoms with E-state index < -0.39 is 10.0 Å². The van der Waals surface area contributed by atoms with Crippen LogP contribution in [-0.4, -0.2) is 32.4 Å². The van der Waals surface area contributed by atoms with Gasteiger partial charge < -0.3 is 5.73 Å². The van der Waals surface area contributed by atoms with Gasteiger partial charge in [-0.1, -0.05) is 36.2 Å². The van der Waals surface area contributed by atoms with Crippen LogP contribution >= 0.6 is 35.6 Å². The predicted molar refractivity (Wildman–Crippen MR) is 84.2 cm³/mol. The lowest BCUT2D eigenvalue weighted by molar-refractivity contribution is 0.349. The zero-order valence-electron chi connectivity index (χ0n) is 11.0. The highest BCUT2D eigenvalue weighted by molar-refractivity contribution is 7.89. The number of hydrogen-bond donors (Lipinski definition) is 1. The van der Waals surface area contributed by atoms with E-state index in [0.717, 1.165) is 6.42 Å². The molecule has 2 rings (SSSR count). The molecule has 0 saturated carbocycles. The summed E-state index contributed by atoms with van der Waals surface area (Å²) < 4.78 is 26.5. The Labute approximate surface area is 135 Å². The molecule has 1 unspecified atom stereocenters. The Morgan fingerprint density at radius 3 is 2.60 bits per heavy atom. The second-order valence-corrected chi connectivity index (χ2v) is 7.85. The maximum atomic E-state index is 12.6. The van der Waals surface area contributed by atoms with Gasteiger partial charge in [0.2, 0.25) is 10.0 Å². The Kier molecular flexibility index (Phi) is 5.75. The number of benzene rings is 1. The number of sulfonamides is 1. The summed E-state index contributed by atoms with van der Waals surface area (Å²) in [6.07, 6.45) is 0.751. The number of nitrogens with zero attached hydrogens (tertiary/aromatic N) is 1. The van der Waals surface area contributed by atoms with E-state index in [1.807, 2.05) is 6.92 Å². The molecule has 0 aliphatic carbocycles. The maximum Gasteiger partial charge on any atom is 0.244 e. The van der Waals surface area contributed by atoms with Crippen LogP contribution in [0.15, 0.2) is 23.1 Å². The predicted octanol–water partition coefficient (Wildman–Crippen LogP) is 2.77. The minimum atomic E-state index is -3.61. The fourth-order valence-electron chi connectivity index (χ4n) is 2.17. The summed E-state index contributed by atoms with van der Waals surface area (Å²) in [4.78, 5) is 0.0583. The van der Waals surface area contributed by atoms with Crippen LogP contribution in [0.25, 0.3) is 0 Å². The van der Waals surface area contributed by atoms with Crippen molar-refractivity contribution in [1.29, 1.82) is 0 Å². The van der Waals surface area contributed by atoms with Crippen molar-refractivity contribution in [1.82, 2.24) is 4.31 Å². The quantitative estimate of drug-likeness (QED) is 0.902. The van der Waals surface area contributed by atoms with E-state index in [0.29, 0.717) is 19.6 Å². The lowest BCUT2D eigenvalue weighted by Gasteiger charge is -2.22. The largest absolute Gasteiger partial charge is 0.330 e. The monoisotopic (exact) mass is 358 g/mol. The third-order valence-electron chi connectivity index (χ3n) is 3.55. The van der Waals surface area contributed by atoms with Gasteiger partial charge in [0.15, 0.2) is 0 Å². The van der Waals surface area contributed by atoms with E-state index in [1.165, 1.54) is 10.4 Å². The minimum absolute atomic E-state index is 0. The third kappa shape index (κ3) is 3.24. The summed E-state index contributed by atoms with van der Waals surface area (Å²) in [5, 5.41) is 0.314. The maximum absolute atomic E-state index is 12.6. The average Bonchev–Trinajstić information content (AvgIpc) is 2.77. The second-order valence-electron chi connectivity index (χ2n) is 5.16. The third-order valence-corrected chi connectivity index (χ3v) is 6.37. The molecule has 2 N–H and O–H groups in total. The van der Waals surface area contributed by atoms with Gasteiger partial charge in [-0.2, -0.15) is 4.31 Å². The van der Waals surface area contributed by atoms with Gasteiger partial charge >= 0.3 is 0 Å². The van der Waals surface area contributed by atoms with E-state index in [9.17, 15) is 8.42 Å². The molecule has 1 heterocycles. The SMILES string of the molecule is CC1(CN)CCN(S(=O)(=O)c2cccc(Cl)c2Cl)C1.Cl. The number of halogens is 3. The second kappa shape index (κ2) is 6.38. The summed E-state index contributed by atoms with van der Waals surface area (Å²) >= 11 is 11.9. The molecule has 0 bridgehead atoms. The fourth-order valence-corrected chi connectivity index (χ4v) is 4.50. The Hall–Kier alpha value is -0.0400. The van der Waals surface area contributed by atoms with Crippen molar-refractivity contribution in [3.05, 3.63) is 28.2 Å². The average molecular weight is 360 g/mol. The molecule has 20 heavy (non-hydrogen) atoms. The smallest absolute Gasteiger partial charge is 0.244 e. The molecule has 0 amide bonds. The molecule has 1 aliphatic rings. The number of hydrogen-bond acceptors (Lipinski definition) is 3. The van der Waals surface area contributed by atoms with Gasteiger partial charge in [0, 0.05) is 13.1 Å². The van der Waals surface area contributed by atoms with Crippen molar-refractivity contribution in [3.8, 4) is 0 Å². The first-order valence-corrected chi connectivity index (χ1v) is 8.14. The number of rotatable bonds is 3. The first kappa shape index (κ1) is 18.0. The van der Waals surface area contributed by atoms with Crippen LogP contribution in [0, 0.1) is 5.41 Å². The molecule has 8 heteroatoms. The van der Waals surface area contributed by atoms with E-state index in [-0.39, 0.29) is 32.8 Å². The van der Waals surface area contributed by atoms with E-state index >= 15 is 0 Å². The molecule has 0 spiro atoms. The highest BCUT2D eigenvalue weighted by Crippen LogP contribution is 2.36. The van der Waals surface area contributed by atoms with Crippen molar-refractivity contribution in [3.63, 3.8) is 0 Å². The molecular formula is C12H17Cl3N2O2S. The van der Waals surface area contributed by atoms with E-state index in [4.69, 9.17) is 28.9 Å². The Morgan fingerprint density at radius 2 is 2.05 bits per heavy atom. The lowest BCUT2D eigenvalue weighted by atomic mass is 9.90. The van der Waals surface area contributed by atoms with Gasteiger partial charge in [0.25, 0.3) is 0 Å². The topological polar surface area (TPSA) is 63.4 Å². The van der Waals surface area contributed by atoms with Crippen LogP contribution in [0.5, 0.6) is 0 Å². The minimum Gasteiger partial charge on any atom is -0.330 e. The van der Waals surface area contributed by atoms with Crippen LogP contribution < -0.4 is 5.73 Å². The highest BCUT2D eigenvalue weighted by Gasteiger charge is 2.39. The van der Waals surface area contributed by atoms with Crippen LogP contribution in [0.1, 0.15) is 13.3 Å². The Morgan fingerprint density at radius 1 is 1.40 bits per heavy atom. The summed E-state index contributed by atoms with van der Waals surface area (Å²) in [5.74, 6) is 0. The van der Waals surface area contributed by atoms with Crippen molar-refractivity contribution in [2.45, 2.75) is 18.2 Å². The van der Waals surface area contributed by atoms with Crippen molar-refractivity contribution >= 4 is 45.6 Å². The molecule has 114 valence electrons. The van der Waals surface area contributed by atoms with Gasteiger partial charge in [0.1, 0.15) is 4.90 Å². The summed E-state index contributed by atoms with van der Waals surface area (Å²) in [6.45, 7) is 3.32. The van der Waals surface area contributed by atoms with Crippen LogP contribution in [0.2, 0.25) is 10.0 Å². The molecule has 1 aromatic rings. The van der Waals surface area contributed by atoms with Gasteiger partial charge in [-0.3, -0.25) is 0 Å². The summed E-state index contributed by atoms with van der Waals surface area (Å²) in [6, 6.07) is 4.62. The van der Waals surface area contributed by atoms with Crippen LogP contribution in [-0.2, 0) is 10.0 Å². The fraction of sp³-hybridized carbons (Fsp3) is 0.500. The summed E-state index contributed by atoms with van der Waals surface area (Å²) in [5.41, 5.74) is 5.53. The zero-order chi connectivity index (χ0) is 14.3. The molecule has 1 fully saturated rings. The first-order valence-electron chi connectivity index (χ1n) is 5.94. The standard InChI is InChI=1S/C12H16Cl2N2O2S.ClH/c1-12(7-15)5-6-16(8-12)19(17,18)10-4-2-3-9(13)11(10)14;/h2-4H,5-8,15H2,1H3;1H. The Bertz CT molecular complexity index is 594. The van der Waals surface area contributed by atoms with E-state index in [1.54, 1.807) is 12.1 Å². The first-order chi connectivity index (χ1) is 8.80. The molecule has 1 atom stereocenters. The molecule has 1 aliphatic heterocycles. The lowest BCUT2D eigenvalue weighted by Crippen LogP contribution is -2.34. The van der Waals surface area contributed by atoms with Crippen LogP contribution in [0.3, 0.4) is 0 Å². The van der Waals surface area contributed by atoms with Crippen molar-refractivity contribution < 1.29 is 8.42 Å². The van der Waals surface area contributed by atoms with E-state index in [2.05, 4.69) is 0 Å². The van der Waals surface area contributed by atoms with Crippen LogP contribution in [0.4, 0.5) is 0 Å². The molecule has 1 saturated heterocycles. The van der Waals surface area contributed by atoms with Crippen molar-refractivity contribution in [2.75, 3.05) is 19.6 Å². The summed E-state index contributed by atoms with van der Waals surface area (Å²) in [7, 11) is -3.61. The van der Waals surface area contributed by atoms with Gasteiger partial charge in [-0.15, -0.1) is 12.4 Å². The molecular weight excluding hydrogens is 343 g/mol. The molecule has 0 aromatic heterocycles. The molecule has 1 aromatic carbocycles. The number of nitrogens with two attached hydrogens (primary N) is 1. The zero-order valence-corrected chi connectivity index (χ0v) is 14.1. The molecule has 4 nitrogen and oxygen atoms in total. The van der Waals surface area contributed by atoms with Gasteiger partial charge in [-0.05, 0) is 30.5 Å². The Balaban J connectivity index is 0.00000200. The molecule has 0 radical (unpaired) electrons. The normalized spacial score (nSPS) is 23.6. The van der Waals surface area contributed by atoms with Crippen molar-refractivity contribution in [2.24, 2.45) is 11.1 Å². The van der Waals surface area contributed by atoms with Gasteiger partial charge in [-0.25, -0.2) is 8.42 Å².